The number of likely N-dealkylation sites (N-methyl/N-ethyl adjacent to an activating group) is 1. The zero-order valence-corrected chi connectivity index (χ0v) is 46.3. The molecule has 0 aromatic heterocycles. The van der Waals surface area contributed by atoms with E-state index in [4.69, 9.17) is 14.7 Å². The van der Waals surface area contributed by atoms with E-state index in [9.17, 15) is 81.5 Å². The minimum atomic E-state index is -5.00. The van der Waals surface area contributed by atoms with E-state index < -0.39 is 64.4 Å². The fraction of sp³-hybridized carbons (Fsp3) is 0.231. The monoisotopic (exact) mass is 1230 g/mol. The Morgan fingerprint density at radius 3 is 1.15 bits per heavy atom. The average Bonchev–Trinajstić information content (AvgIpc) is 3.16. The van der Waals surface area contributed by atoms with Gasteiger partial charge in [-0.3, -0.25) is 34.0 Å². The third-order valence-corrected chi connectivity index (χ3v) is 13.8. The van der Waals surface area contributed by atoms with Crippen LogP contribution in [0.3, 0.4) is 0 Å². The van der Waals surface area contributed by atoms with E-state index in [0.29, 0.717) is 72.6 Å². The molecule has 0 saturated heterocycles. The summed E-state index contributed by atoms with van der Waals surface area (Å²) in [6.45, 7) is -0.409. The summed E-state index contributed by atoms with van der Waals surface area (Å²) in [5, 5.41) is 11.0. The van der Waals surface area contributed by atoms with Gasteiger partial charge in [0.2, 0.25) is 5.91 Å². The Kier molecular flexibility index (Phi) is 21.4. The summed E-state index contributed by atoms with van der Waals surface area (Å²) in [6, 6.07) is 26.0. The third-order valence-electron chi connectivity index (χ3n) is 13.8. The summed E-state index contributed by atoms with van der Waals surface area (Å²) in [4.78, 5) is 73.3. The highest BCUT2D eigenvalue weighted by Crippen LogP contribution is 2.40. The molecular weight excluding hydrogens is 1180 g/mol. The first kappa shape index (κ1) is 66.2. The lowest BCUT2D eigenvalue weighted by atomic mass is 9.85. The first-order valence-corrected chi connectivity index (χ1v) is 26.8. The largest absolute Gasteiger partial charge is 0.486 e. The predicted molar refractivity (Wildman–Crippen MR) is 300 cm³/mol. The fourth-order valence-electron chi connectivity index (χ4n) is 9.19. The van der Waals surface area contributed by atoms with E-state index in [-0.39, 0.29) is 102 Å². The zero-order valence-electron chi connectivity index (χ0n) is 46.3. The number of ketones is 4. The molecule has 0 aliphatic heterocycles. The molecule has 3 N–H and O–H groups in total. The van der Waals surface area contributed by atoms with Crippen LogP contribution in [0.1, 0.15) is 113 Å². The number of alkyl halides is 12. The van der Waals surface area contributed by atoms with Crippen molar-refractivity contribution in [2.24, 2.45) is 0 Å². The van der Waals surface area contributed by atoms with Crippen LogP contribution in [0.2, 0.25) is 0 Å². The maximum atomic E-state index is 13.2. The molecular formula is C65H52F12N2O9. The van der Waals surface area contributed by atoms with Crippen LogP contribution < -0.4 is 20.3 Å². The van der Waals surface area contributed by atoms with Gasteiger partial charge in [-0.05, 0) is 180 Å². The molecule has 2 aliphatic carbocycles. The van der Waals surface area contributed by atoms with Crippen LogP contribution in [0.5, 0.6) is 11.5 Å². The van der Waals surface area contributed by atoms with Gasteiger partial charge in [0.05, 0.1) is 22.3 Å². The Hall–Kier alpha value is -9.38. The van der Waals surface area contributed by atoms with Gasteiger partial charge in [0.25, 0.3) is 5.91 Å². The van der Waals surface area contributed by atoms with E-state index in [1.807, 2.05) is 24.3 Å². The van der Waals surface area contributed by atoms with Gasteiger partial charge in [0.15, 0.2) is 23.1 Å². The topological polar surface area (TPSA) is 165 Å². The molecule has 6 aromatic carbocycles. The van der Waals surface area contributed by atoms with Gasteiger partial charge in [0, 0.05) is 54.3 Å². The molecule has 2 amide bonds. The summed E-state index contributed by atoms with van der Waals surface area (Å²) in [7, 11) is 1.54. The molecule has 23 heteroatoms. The van der Waals surface area contributed by atoms with E-state index in [1.54, 1.807) is 42.5 Å². The second-order valence-electron chi connectivity index (χ2n) is 20.2. The Labute approximate surface area is 495 Å². The number of hydrogen-bond donors (Lipinski definition) is 3. The van der Waals surface area contributed by atoms with Gasteiger partial charge in [0.1, 0.15) is 24.7 Å². The van der Waals surface area contributed by atoms with Crippen LogP contribution >= 0.6 is 0 Å². The van der Waals surface area contributed by atoms with Gasteiger partial charge in [-0.2, -0.15) is 52.7 Å². The number of rotatable bonds is 18. The maximum Gasteiger partial charge on any atom is 0.416 e. The van der Waals surface area contributed by atoms with Gasteiger partial charge in [-0.1, -0.05) is 48.5 Å². The first-order valence-electron chi connectivity index (χ1n) is 26.8. The summed E-state index contributed by atoms with van der Waals surface area (Å²) in [5.41, 5.74) is 0.164. The maximum absolute atomic E-state index is 13.2. The van der Waals surface area contributed by atoms with Crippen molar-refractivity contribution in [3.05, 3.63) is 223 Å². The van der Waals surface area contributed by atoms with Crippen molar-refractivity contribution in [1.82, 2.24) is 10.8 Å². The molecule has 8 rings (SSSR count). The number of aryl methyl sites for hydroxylation is 4. The van der Waals surface area contributed by atoms with Crippen molar-refractivity contribution < 1.29 is 96.1 Å². The molecule has 0 fully saturated rings. The molecule has 0 atom stereocenters. The minimum absolute atomic E-state index is 0.0351. The molecule has 2 aliphatic rings. The van der Waals surface area contributed by atoms with Crippen LogP contribution in [0.25, 0.3) is 24.3 Å². The van der Waals surface area contributed by atoms with Crippen molar-refractivity contribution in [3.63, 3.8) is 0 Å². The number of halogens is 12. The second-order valence-corrected chi connectivity index (χ2v) is 20.2. The fourth-order valence-corrected chi connectivity index (χ4v) is 9.19. The van der Waals surface area contributed by atoms with E-state index >= 15 is 0 Å². The predicted octanol–water partition coefficient (Wildman–Crippen LogP) is 14.3. The van der Waals surface area contributed by atoms with Crippen molar-refractivity contribution in [3.8, 4) is 11.5 Å². The smallest absolute Gasteiger partial charge is 0.416 e. The molecule has 0 radical (unpaired) electrons. The molecule has 460 valence electrons. The number of amides is 2. The quantitative estimate of drug-likeness (QED) is 0.0329. The van der Waals surface area contributed by atoms with E-state index in [1.165, 1.54) is 55.0 Å². The molecule has 0 heterocycles. The normalized spacial score (nSPS) is 14.5. The number of carbonyl (C=O) groups excluding carboxylic acids is 6. The Balaban J connectivity index is 0.000000251. The van der Waals surface area contributed by atoms with Crippen LogP contribution in [0.15, 0.2) is 145 Å². The lowest BCUT2D eigenvalue weighted by Gasteiger charge is -2.19. The van der Waals surface area contributed by atoms with Crippen LogP contribution in [0, 0.1) is 0 Å². The third kappa shape index (κ3) is 18.8. The lowest BCUT2D eigenvalue weighted by Crippen LogP contribution is -2.16. The van der Waals surface area contributed by atoms with Crippen LogP contribution in [-0.2, 0) is 69.6 Å². The highest BCUT2D eigenvalue weighted by Gasteiger charge is 2.39. The van der Waals surface area contributed by atoms with E-state index in [2.05, 4.69) is 5.32 Å². The van der Waals surface area contributed by atoms with Gasteiger partial charge >= 0.3 is 24.7 Å². The molecule has 88 heavy (non-hydrogen) atoms. The standard InChI is InChI=1S/C33H27F6NO4.C32H25F6NO5/c1-40-30(42)13-7-21-4-2-20(3-5-21)6-10-27(41)19-44-28-11-12-29-23(17-28)8-9-24(31(29)43)14-22-15-25(32(34,35)36)18-26(16-22)33(37,38)39;33-31(34,35)24-14-21(15-25(17-24)32(36,37)38)13-23-8-7-22-16-27(10-11-28(22)30(23)42)44-18-26(40)9-5-19-1-3-20(4-2-19)6-12-29(41)39-43/h2-5,7,11-18H,6,8-10,19H2,1H3,(H,40,42);1-4,6,10-17,43H,5,7-9,18H2,(H,39,41)/b13-7+,24-14+;12-6+,23-13+. The Morgan fingerprint density at radius 2 is 0.818 bits per heavy atom. The lowest BCUT2D eigenvalue weighted by molar-refractivity contribution is -0.144. The number of carbonyl (C=O) groups is 6. The van der Waals surface area contributed by atoms with Crippen molar-refractivity contribution >= 4 is 59.3 Å². The van der Waals surface area contributed by atoms with Crippen LogP contribution in [0.4, 0.5) is 52.7 Å². The SMILES string of the molecule is CNC(=O)/C=C/c1ccc(CCC(=O)COc2ccc3c(c2)CC/C(=C\c2cc(C(F)(F)F)cc(C(F)(F)F)c2)C3=O)cc1.O=C(CCc1ccc(/C=C/C(=O)NO)cc1)COc1ccc2c(c1)CC/C(=C\c1cc(C(F)(F)F)cc(C(F)(F)F)c1)C2=O. The van der Waals surface area contributed by atoms with Crippen molar-refractivity contribution in [2.75, 3.05) is 20.3 Å². The molecule has 0 bridgehead atoms. The molecule has 0 saturated carbocycles. The number of ether oxygens (including phenoxy) is 2. The number of hydrogen-bond acceptors (Lipinski definition) is 9. The molecule has 0 unspecified atom stereocenters. The van der Waals surface area contributed by atoms with Gasteiger partial charge in [-0.15, -0.1) is 0 Å². The van der Waals surface area contributed by atoms with Gasteiger partial charge < -0.3 is 14.8 Å². The second kappa shape index (κ2) is 28.4. The highest BCUT2D eigenvalue weighted by molar-refractivity contribution is 6.14. The molecule has 11 nitrogen and oxygen atoms in total. The number of benzene rings is 6. The number of nitrogens with one attached hydrogen (secondary N) is 2. The molecule has 6 aromatic rings. The Morgan fingerprint density at radius 1 is 0.466 bits per heavy atom. The van der Waals surface area contributed by atoms with Gasteiger partial charge in [-0.25, -0.2) is 5.48 Å². The highest BCUT2D eigenvalue weighted by atomic mass is 19.4. The average molecular weight is 1230 g/mol. The number of allylic oxidation sites excluding steroid dienone is 2. The summed E-state index contributed by atoms with van der Waals surface area (Å²) < 4.78 is 170. The number of hydroxylamine groups is 1. The summed E-state index contributed by atoms with van der Waals surface area (Å²) >= 11 is 0. The minimum Gasteiger partial charge on any atom is -0.486 e. The summed E-state index contributed by atoms with van der Waals surface area (Å²) in [5.74, 6) is -1.52. The summed E-state index contributed by atoms with van der Waals surface area (Å²) in [6.07, 6.45) is -9.93. The molecule has 0 spiro atoms. The number of fused-ring (bicyclic) bond motifs is 2. The van der Waals surface area contributed by atoms with E-state index in [0.717, 1.165) is 34.4 Å². The van der Waals surface area contributed by atoms with Crippen molar-refractivity contribution in [1.29, 1.82) is 0 Å². The first-order chi connectivity index (χ1) is 41.4. The van der Waals surface area contributed by atoms with Crippen LogP contribution in [-0.4, -0.2) is 60.4 Å². The zero-order chi connectivity index (χ0) is 64.1. The Bertz CT molecular complexity index is 3420. The van der Waals surface area contributed by atoms with Crippen molar-refractivity contribution in [2.45, 2.75) is 76.1 Å². The number of Topliss-reactive ketones (excluding diaryl/α,β-unsaturated/α-hetero) is 4.